The number of furan rings is 1. The summed E-state index contributed by atoms with van der Waals surface area (Å²) in [6, 6.07) is 56.0. The Bertz CT molecular complexity index is 2780. The highest BCUT2D eigenvalue weighted by Crippen LogP contribution is 2.44. The molecule has 0 amide bonds. The molecule has 0 radical (unpaired) electrons. The molecule has 0 fully saturated rings. The maximum Gasteiger partial charge on any atom is 0.210 e. The Morgan fingerprint density at radius 1 is 0.521 bits per heavy atom. The second-order valence-corrected chi connectivity index (χ2v) is 13.1. The number of hydrogen-bond acceptors (Lipinski definition) is 3. The number of thiophene rings is 1. The predicted molar refractivity (Wildman–Crippen MR) is 200 cm³/mol. The van der Waals surface area contributed by atoms with Crippen LogP contribution >= 0.6 is 11.3 Å². The minimum Gasteiger partial charge on any atom is -0.454 e. The molecule has 0 saturated carbocycles. The van der Waals surface area contributed by atoms with Crippen molar-refractivity contribution < 1.29 is 8.98 Å². The van der Waals surface area contributed by atoms with Gasteiger partial charge in [0, 0.05) is 73.6 Å². The zero-order valence-electron chi connectivity index (χ0n) is 25.8. The molecule has 0 unspecified atom stereocenters. The van der Waals surface area contributed by atoms with Crippen molar-refractivity contribution >= 4 is 81.5 Å². The predicted octanol–water partition coefficient (Wildman–Crippen LogP) is 11.6. The number of para-hydroxylation sites is 3. The maximum absolute atomic E-state index is 6.60. The Hall–Kier alpha value is -6.17. The van der Waals surface area contributed by atoms with Crippen molar-refractivity contribution in [3.8, 4) is 11.4 Å². The molecular formula is C43H28N3OS+. The van der Waals surface area contributed by atoms with Crippen LogP contribution in [0.25, 0.3) is 64.5 Å². The molecule has 10 rings (SSSR count). The largest absolute Gasteiger partial charge is 0.454 e. The summed E-state index contributed by atoms with van der Waals surface area (Å²) in [5.41, 5.74) is 9.67. The van der Waals surface area contributed by atoms with Crippen LogP contribution in [0.5, 0.6) is 0 Å². The minimum absolute atomic E-state index is 0.890. The second-order valence-electron chi connectivity index (χ2n) is 12.1. The van der Waals surface area contributed by atoms with Crippen LogP contribution in [0.3, 0.4) is 0 Å². The van der Waals surface area contributed by atoms with Gasteiger partial charge in [0.25, 0.3) is 0 Å². The average Bonchev–Trinajstić information content (AvgIpc) is 3.80. The third-order valence-electron chi connectivity index (χ3n) is 9.28. The number of hydrogen-bond donors (Lipinski definition) is 0. The molecule has 0 atom stereocenters. The summed E-state index contributed by atoms with van der Waals surface area (Å²) in [5, 5.41) is 4.74. The molecule has 4 heterocycles. The zero-order chi connectivity index (χ0) is 31.6. The zero-order valence-corrected chi connectivity index (χ0v) is 26.6. The van der Waals surface area contributed by atoms with Crippen molar-refractivity contribution in [3.63, 3.8) is 0 Å². The standard InChI is InChI=1S/C43H28N3OS/c1-3-11-29(12-4-1)44-25-23-31(24-26-44)45(33-19-21-35-40(28-33)47-42-36-16-8-10-18-41(36)48-43(35)42)32-20-22-39-37(27-32)34-15-7-9-17-38(34)46(39)30-13-5-2-6-14-30/h1-28H/q+1. The number of fused-ring (bicyclic) bond motifs is 8. The Morgan fingerprint density at radius 3 is 2.02 bits per heavy atom. The van der Waals surface area contributed by atoms with Crippen molar-refractivity contribution in [2.45, 2.75) is 0 Å². The van der Waals surface area contributed by atoms with E-state index >= 15 is 0 Å². The average molecular weight is 635 g/mol. The number of nitrogens with zero attached hydrogens (tertiary/aromatic N) is 3. The van der Waals surface area contributed by atoms with Crippen LogP contribution in [-0.2, 0) is 0 Å². The molecule has 0 aliphatic rings. The molecule has 6 aromatic carbocycles. The summed E-state index contributed by atoms with van der Waals surface area (Å²) in [7, 11) is 0. The van der Waals surface area contributed by atoms with Crippen LogP contribution in [0.4, 0.5) is 17.1 Å². The maximum atomic E-state index is 6.60. The smallest absolute Gasteiger partial charge is 0.210 e. The van der Waals surface area contributed by atoms with E-state index in [1.54, 1.807) is 11.3 Å². The van der Waals surface area contributed by atoms with Gasteiger partial charge >= 0.3 is 0 Å². The Balaban J connectivity index is 1.18. The molecule has 226 valence electrons. The lowest BCUT2D eigenvalue weighted by Gasteiger charge is -2.25. The quantitative estimate of drug-likeness (QED) is 0.176. The van der Waals surface area contributed by atoms with Crippen LogP contribution < -0.4 is 9.47 Å². The van der Waals surface area contributed by atoms with Gasteiger partial charge in [0.05, 0.1) is 21.4 Å². The van der Waals surface area contributed by atoms with Gasteiger partial charge in [-0.1, -0.05) is 66.7 Å². The minimum atomic E-state index is 0.890. The molecule has 0 aliphatic heterocycles. The number of rotatable bonds is 5. The van der Waals surface area contributed by atoms with Gasteiger partial charge in [-0.3, -0.25) is 0 Å². The fourth-order valence-corrected chi connectivity index (χ4v) is 8.24. The first kappa shape index (κ1) is 27.0. The molecular weight excluding hydrogens is 607 g/mol. The first-order valence-electron chi connectivity index (χ1n) is 16.1. The van der Waals surface area contributed by atoms with Crippen LogP contribution in [-0.4, -0.2) is 4.57 Å². The van der Waals surface area contributed by atoms with E-state index in [4.69, 9.17) is 4.42 Å². The summed E-state index contributed by atoms with van der Waals surface area (Å²) in [4.78, 5) is 2.33. The van der Waals surface area contributed by atoms with E-state index in [9.17, 15) is 0 Å². The SMILES string of the molecule is c1ccc(-n2c3ccccc3c3cc(N(c4cc[n+](-c5ccccc5)cc4)c4ccc5c(c4)oc4c6ccccc6sc54)ccc32)cc1. The van der Waals surface area contributed by atoms with Gasteiger partial charge in [0.1, 0.15) is 5.58 Å². The number of benzene rings is 6. The van der Waals surface area contributed by atoms with E-state index in [1.807, 2.05) is 6.07 Å². The monoisotopic (exact) mass is 634 g/mol. The summed E-state index contributed by atoms with van der Waals surface area (Å²) in [6.07, 6.45) is 4.26. The highest BCUT2D eigenvalue weighted by atomic mass is 32.1. The molecule has 10 aromatic rings. The van der Waals surface area contributed by atoms with Gasteiger partial charge in [-0.2, -0.15) is 4.57 Å². The van der Waals surface area contributed by atoms with Crippen molar-refractivity contribution in [3.05, 3.63) is 170 Å². The topological polar surface area (TPSA) is 25.2 Å². The highest BCUT2D eigenvalue weighted by Gasteiger charge is 2.21. The third-order valence-corrected chi connectivity index (χ3v) is 10.5. The van der Waals surface area contributed by atoms with Crippen molar-refractivity contribution in [1.29, 1.82) is 0 Å². The summed E-state index contributed by atoms with van der Waals surface area (Å²) in [5.74, 6) is 0. The van der Waals surface area contributed by atoms with E-state index < -0.39 is 0 Å². The first-order chi connectivity index (χ1) is 23.8. The Kier molecular flexibility index (Phi) is 6.01. The molecule has 4 aromatic heterocycles. The normalized spacial score (nSPS) is 11.8. The molecule has 0 saturated heterocycles. The van der Waals surface area contributed by atoms with Crippen molar-refractivity contribution in [1.82, 2.24) is 4.57 Å². The van der Waals surface area contributed by atoms with Crippen LogP contribution in [0.15, 0.2) is 175 Å². The Morgan fingerprint density at radius 2 is 1.19 bits per heavy atom. The van der Waals surface area contributed by atoms with Crippen LogP contribution in [0.2, 0.25) is 0 Å². The molecule has 5 heteroatoms. The summed E-state index contributed by atoms with van der Waals surface area (Å²) < 4.78 is 13.6. The van der Waals surface area contributed by atoms with Crippen LogP contribution in [0.1, 0.15) is 0 Å². The lowest BCUT2D eigenvalue weighted by molar-refractivity contribution is -0.595. The molecule has 0 bridgehead atoms. The fraction of sp³-hybridized carbons (Fsp3) is 0. The summed E-state index contributed by atoms with van der Waals surface area (Å²) >= 11 is 1.79. The van der Waals surface area contributed by atoms with Gasteiger partial charge in [0.15, 0.2) is 18.0 Å². The van der Waals surface area contributed by atoms with Gasteiger partial charge in [-0.05, 0) is 60.7 Å². The van der Waals surface area contributed by atoms with E-state index in [1.165, 1.54) is 36.6 Å². The third kappa shape index (κ3) is 4.18. The molecule has 48 heavy (non-hydrogen) atoms. The lowest BCUT2D eigenvalue weighted by Crippen LogP contribution is -2.29. The van der Waals surface area contributed by atoms with E-state index in [0.717, 1.165) is 45.0 Å². The molecule has 0 spiro atoms. The van der Waals surface area contributed by atoms with E-state index in [0.29, 0.717) is 0 Å². The Labute approximate surface area is 280 Å². The van der Waals surface area contributed by atoms with Gasteiger partial charge in [0.2, 0.25) is 5.69 Å². The van der Waals surface area contributed by atoms with E-state index in [2.05, 4.69) is 178 Å². The molecule has 0 aliphatic carbocycles. The first-order valence-corrected chi connectivity index (χ1v) is 16.9. The van der Waals surface area contributed by atoms with Crippen molar-refractivity contribution in [2.24, 2.45) is 0 Å². The van der Waals surface area contributed by atoms with E-state index in [-0.39, 0.29) is 0 Å². The van der Waals surface area contributed by atoms with Gasteiger partial charge in [-0.15, -0.1) is 11.3 Å². The lowest BCUT2D eigenvalue weighted by atomic mass is 10.1. The van der Waals surface area contributed by atoms with Gasteiger partial charge in [-0.25, -0.2) is 0 Å². The summed E-state index contributed by atoms with van der Waals surface area (Å²) in [6.45, 7) is 0. The number of anilines is 3. The molecule has 4 nitrogen and oxygen atoms in total. The molecule has 0 N–H and O–H groups in total. The number of aromatic nitrogens is 2. The second kappa shape index (κ2) is 10.7. The highest BCUT2D eigenvalue weighted by molar-refractivity contribution is 7.26. The van der Waals surface area contributed by atoms with Crippen LogP contribution in [0, 0.1) is 0 Å². The van der Waals surface area contributed by atoms with Crippen molar-refractivity contribution in [2.75, 3.05) is 4.90 Å². The number of pyridine rings is 1. The fourth-order valence-electron chi connectivity index (χ4n) is 7.07. The van der Waals surface area contributed by atoms with Gasteiger partial charge < -0.3 is 13.9 Å².